The predicted molar refractivity (Wildman–Crippen MR) is 124 cm³/mol. The van der Waals surface area contributed by atoms with Crippen molar-refractivity contribution in [3.8, 4) is 11.5 Å². The molecule has 0 aliphatic carbocycles. The Balaban J connectivity index is 1.71. The third-order valence-electron chi connectivity index (χ3n) is 5.42. The number of phenols is 1. The molecule has 0 spiro atoms. The molecular weight excluding hydrogens is 406 g/mol. The molecule has 0 unspecified atom stereocenters. The van der Waals surface area contributed by atoms with Crippen molar-refractivity contribution >= 4 is 22.6 Å². The van der Waals surface area contributed by atoms with Gasteiger partial charge in [0.05, 0.1) is 6.04 Å². The van der Waals surface area contributed by atoms with Gasteiger partial charge in [-0.05, 0) is 66.4 Å². The van der Waals surface area contributed by atoms with Crippen molar-refractivity contribution in [1.29, 1.82) is 0 Å². The second kappa shape index (κ2) is 10.7. The first-order chi connectivity index (χ1) is 15.4. The Hall–Kier alpha value is -3.42. The van der Waals surface area contributed by atoms with Crippen LogP contribution in [0.1, 0.15) is 18.4 Å². The summed E-state index contributed by atoms with van der Waals surface area (Å²) in [7, 11) is 1.56. The van der Waals surface area contributed by atoms with E-state index >= 15 is 0 Å². The highest BCUT2D eigenvalue weighted by atomic mass is 16.5. The van der Waals surface area contributed by atoms with E-state index in [1.54, 1.807) is 43.4 Å². The smallest absolute Gasteiger partial charge is 0.334 e. The molecule has 0 aliphatic rings. The second-order valence-electron chi connectivity index (χ2n) is 7.80. The van der Waals surface area contributed by atoms with Crippen LogP contribution in [0.5, 0.6) is 11.5 Å². The molecular formula is C25H29N3O4. The van der Waals surface area contributed by atoms with Gasteiger partial charge in [0.15, 0.2) is 0 Å². The molecule has 0 radical (unpaired) electrons. The lowest BCUT2D eigenvalue weighted by Crippen LogP contribution is -2.51. The summed E-state index contributed by atoms with van der Waals surface area (Å²) in [6.07, 6.45) is 1.21. The zero-order chi connectivity index (χ0) is 23.1. The summed E-state index contributed by atoms with van der Waals surface area (Å²) < 4.78 is 5.62. The number of aromatic hydroxyl groups is 1. The van der Waals surface area contributed by atoms with E-state index in [4.69, 9.17) is 16.2 Å². The molecule has 1 amide bonds. The van der Waals surface area contributed by atoms with Gasteiger partial charge in [-0.1, -0.05) is 42.5 Å². The number of amides is 1. The quantitative estimate of drug-likeness (QED) is 0.351. The summed E-state index contributed by atoms with van der Waals surface area (Å²) in [6, 6.07) is 18.1. The maximum atomic E-state index is 13.0. The predicted octanol–water partition coefficient (Wildman–Crippen LogP) is 2.59. The lowest BCUT2D eigenvalue weighted by molar-refractivity contribution is -0.147. The number of likely N-dealkylation sites (N-methyl/N-ethyl adjacent to an activating group) is 1. The molecule has 2 atom stereocenters. The van der Waals surface area contributed by atoms with Crippen molar-refractivity contribution in [2.24, 2.45) is 11.5 Å². The van der Waals surface area contributed by atoms with Crippen molar-refractivity contribution in [2.75, 3.05) is 13.6 Å². The number of carbonyl (C=O) groups excluding carboxylic acids is 2. The monoisotopic (exact) mass is 435 g/mol. The maximum absolute atomic E-state index is 13.0. The first kappa shape index (κ1) is 23.2. The minimum absolute atomic E-state index is 0.143. The Bertz CT molecular complexity index is 1070. The largest absolute Gasteiger partial charge is 0.508 e. The molecule has 0 aromatic heterocycles. The summed E-state index contributed by atoms with van der Waals surface area (Å²) in [5.41, 5.74) is 12.6. The summed E-state index contributed by atoms with van der Waals surface area (Å²) in [5.74, 6) is -0.332. The van der Waals surface area contributed by atoms with E-state index < -0.39 is 18.1 Å². The fraction of sp³-hybridized carbons (Fsp3) is 0.280. The van der Waals surface area contributed by atoms with Crippen LogP contribution in [-0.2, 0) is 16.0 Å². The van der Waals surface area contributed by atoms with Gasteiger partial charge in [0.2, 0.25) is 5.91 Å². The Morgan fingerprint density at radius 3 is 2.41 bits per heavy atom. The van der Waals surface area contributed by atoms with E-state index in [2.05, 4.69) is 0 Å². The van der Waals surface area contributed by atoms with E-state index in [0.717, 1.165) is 16.3 Å². The van der Waals surface area contributed by atoms with Crippen molar-refractivity contribution in [3.05, 3.63) is 72.3 Å². The van der Waals surface area contributed by atoms with Gasteiger partial charge in [-0.15, -0.1) is 0 Å². The topological polar surface area (TPSA) is 119 Å². The summed E-state index contributed by atoms with van der Waals surface area (Å²) in [6.45, 7) is 0.390. The standard InChI is InChI=1S/C25H29N3O4/c1-28(24(30)22(27)15-17-8-11-20(29)12-9-17)23(7-4-14-26)25(31)32-21-13-10-18-5-2-3-6-19(18)16-21/h2-3,5-6,8-13,16,22-23,29H,4,7,14-15,26-27H2,1H3/t22-,23-/m0/s1. The molecule has 0 heterocycles. The minimum Gasteiger partial charge on any atom is -0.508 e. The highest BCUT2D eigenvalue weighted by Crippen LogP contribution is 2.22. The Kier molecular flexibility index (Phi) is 7.81. The molecule has 32 heavy (non-hydrogen) atoms. The van der Waals surface area contributed by atoms with Gasteiger partial charge in [-0.3, -0.25) is 4.79 Å². The maximum Gasteiger partial charge on any atom is 0.334 e. The van der Waals surface area contributed by atoms with Gasteiger partial charge in [-0.25, -0.2) is 4.79 Å². The van der Waals surface area contributed by atoms with Crippen LogP contribution in [0.25, 0.3) is 10.8 Å². The third kappa shape index (κ3) is 5.84. The van der Waals surface area contributed by atoms with Gasteiger partial charge in [0, 0.05) is 7.05 Å². The van der Waals surface area contributed by atoms with Crippen LogP contribution in [0, 0.1) is 0 Å². The van der Waals surface area contributed by atoms with Crippen LogP contribution in [-0.4, -0.2) is 47.6 Å². The molecule has 3 aromatic carbocycles. The molecule has 0 bridgehead atoms. The van der Waals surface area contributed by atoms with E-state index in [-0.39, 0.29) is 18.1 Å². The van der Waals surface area contributed by atoms with Crippen LogP contribution >= 0.6 is 0 Å². The Morgan fingerprint density at radius 1 is 1.03 bits per heavy atom. The number of carbonyl (C=O) groups is 2. The van der Waals surface area contributed by atoms with Crippen molar-refractivity contribution in [1.82, 2.24) is 4.90 Å². The minimum atomic E-state index is -0.835. The van der Waals surface area contributed by atoms with Crippen LogP contribution < -0.4 is 16.2 Å². The summed E-state index contributed by atoms with van der Waals surface area (Å²) in [4.78, 5) is 27.3. The molecule has 168 valence electrons. The van der Waals surface area contributed by atoms with Crippen LogP contribution in [0.3, 0.4) is 0 Å². The second-order valence-corrected chi connectivity index (χ2v) is 7.80. The Morgan fingerprint density at radius 2 is 1.72 bits per heavy atom. The fourth-order valence-corrected chi connectivity index (χ4v) is 3.58. The average Bonchev–Trinajstić information content (AvgIpc) is 2.80. The summed E-state index contributed by atoms with van der Waals surface area (Å²) in [5, 5.41) is 11.4. The molecule has 0 fully saturated rings. The average molecular weight is 436 g/mol. The lowest BCUT2D eigenvalue weighted by Gasteiger charge is -2.29. The van der Waals surface area contributed by atoms with Gasteiger partial charge >= 0.3 is 5.97 Å². The normalized spacial score (nSPS) is 12.8. The van der Waals surface area contributed by atoms with Crippen molar-refractivity contribution in [2.45, 2.75) is 31.3 Å². The lowest BCUT2D eigenvalue weighted by atomic mass is 10.0. The van der Waals surface area contributed by atoms with Crippen LogP contribution in [0.15, 0.2) is 66.7 Å². The number of hydrogen-bond donors (Lipinski definition) is 3. The first-order valence-corrected chi connectivity index (χ1v) is 10.6. The SMILES string of the molecule is CN(C(=O)[C@@H](N)Cc1ccc(O)cc1)[C@@H](CCCN)C(=O)Oc1ccc2ccccc2c1. The number of rotatable bonds is 9. The number of esters is 1. The molecule has 3 aromatic rings. The number of nitrogens with two attached hydrogens (primary N) is 2. The van der Waals surface area contributed by atoms with Gasteiger partial charge in [-0.2, -0.15) is 0 Å². The van der Waals surface area contributed by atoms with Gasteiger partial charge in [0.1, 0.15) is 17.5 Å². The number of benzene rings is 3. The van der Waals surface area contributed by atoms with E-state index in [1.807, 2.05) is 30.3 Å². The van der Waals surface area contributed by atoms with Crippen LogP contribution in [0.4, 0.5) is 0 Å². The zero-order valence-corrected chi connectivity index (χ0v) is 18.1. The fourth-order valence-electron chi connectivity index (χ4n) is 3.58. The highest BCUT2D eigenvalue weighted by Gasteiger charge is 2.31. The molecule has 0 saturated heterocycles. The molecule has 7 nitrogen and oxygen atoms in total. The number of ether oxygens (including phenoxy) is 1. The highest BCUT2D eigenvalue weighted by molar-refractivity contribution is 5.89. The number of fused-ring (bicyclic) bond motifs is 1. The van der Waals surface area contributed by atoms with Crippen molar-refractivity contribution < 1.29 is 19.4 Å². The van der Waals surface area contributed by atoms with Crippen LogP contribution in [0.2, 0.25) is 0 Å². The third-order valence-corrected chi connectivity index (χ3v) is 5.42. The van der Waals surface area contributed by atoms with E-state index in [0.29, 0.717) is 25.1 Å². The van der Waals surface area contributed by atoms with Gasteiger partial charge in [0.25, 0.3) is 0 Å². The van der Waals surface area contributed by atoms with E-state index in [1.165, 1.54) is 4.90 Å². The molecule has 0 aliphatic heterocycles. The van der Waals surface area contributed by atoms with Crippen molar-refractivity contribution in [3.63, 3.8) is 0 Å². The number of nitrogens with zero attached hydrogens (tertiary/aromatic N) is 1. The molecule has 7 heteroatoms. The van der Waals surface area contributed by atoms with E-state index in [9.17, 15) is 14.7 Å². The molecule has 3 rings (SSSR count). The Labute approximate surface area is 187 Å². The zero-order valence-electron chi connectivity index (χ0n) is 18.1. The van der Waals surface area contributed by atoms with Gasteiger partial charge < -0.3 is 26.2 Å². The molecule has 0 saturated carbocycles. The number of phenolic OH excluding ortho intramolecular Hbond substituents is 1. The summed E-state index contributed by atoms with van der Waals surface area (Å²) >= 11 is 0. The molecule has 5 N–H and O–H groups in total. The first-order valence-electron chi connectivity index (χ1n) is 10.6. The number of hydrogen-bond acceptors (Lipinski definition) is 6.